The SMILES string of the molecule is O=C(NCC#Cc1ccc2c(c1)Cc1ccccc1-2)OCc1ccccc1. The molecule has 0 spiro atoms. The summed E-state index contributed by atoms with van der Waals surface area (Å²) in [5.41, 5.74) is 7.19. The van der Waals surface area contributed by atoms with Gasteiger partial charge in [0.15, 0.2) is 0 Å². The second-order valence-electron chi connectivity index (χ2n) is 6.42. The van der Waals surface area contributed by atoms with Crippen molar-refractivity contribution in [2.75, 3.05) is 6.54 Å². The molecule has 0 aliphatic heterocycles. The summed E-state index contributed by atoms with van der Waals surface area (Å²) in [6.07, 6.45) is 0.489. The first-order chi connectivity index (χ1) is 13.3. The number of benzene rings is 3. The molecule has 0 unspecified atom stereocenters. The monoisotopic (exact) mass is 353 g/mol. The molecule has 0 fully saturated rings. The molecule has 0 atom stereocenters. The van der Waals surface area contributed by atoms with Gasteiger partial charge in [-0.25, -0.2) is 4.79 Å². The van der Waals surface area contributed by atoms with Gasteiger partial charge in [0, 0.05) is 5.56 Å². The molecule has 3 heteroatoms. The lowest BCUT2D eigenvalue weighted by atomic mass is 10.0. The molecular weight excluding hydrogens is 334 g/mol. The number of amides is 1. The smallest absolute Gasteiger partial charge is 0.408 e. The van der Waals surface area contributed by atoms with Crippen molar-refractivity contribution in [1.29, 1.82) is 0 Å². The molecule has 0 saturated heterocycles. The highest BCUT2D eigenvalue weighted by Gasteiger charge is 2.17. The van der Waals surface area contributed by atoms with Crippen LogP contribution in [0.2, 0.25) is 0 Å². The van der Waals surface area contributed by atoms with Gasteiger partial charge >= 0.3 is 6.09 Å². The molecule has 0 aromatic heterocycles. The third-order valence-corrected chi connectivity index (χ3v) is 4.56. The Kier molecular flexibility index (Phi) is 4.89. The van der Waals surface area contributed by atoms with E-state index in [2.05, 4.69) is 53.6 Å². The lowest BCUT2D eigenvalue weighted by molar-refractivity contribution is 0.141. The number of hydrogen-bond donors (Lipinski definition) is 1. The molecule has 3 nitrogen and oxygen atoms in total. The van der Waals surface area contributed by atoms with E-state index in [9.17, 15) is 4.79 Å². The number of alkyl carbamates (subject to hydrolysis) is 1. The van der Waals surface area contributed by atoms with E-state index in [1.54, 1.807) is 0 Å². The van der Waals surface area contributed by atoms with E-state index >= 15 is 0 Å². The fourth-order valence-electron chi connectivity index (χ4n) is 3.26. The number of ether oxygens (including phenoxy) is 1. The minimum absolute atomic E-state index is 0.255. The normalized spacial score (nSPS) is 11.0. The summed E-state index contributed by atoms with van der Waals surface area (Å²) >= 11 is 0. The van der Waals surface area contributed by atoms with E-state index in [1.165, 1.54) is 22.3 Å². The summed E-state index contributed by atoms with van der Waals surface area (Å²) in [6, 6.07) is 24.4. The molecule has 1 aliphatic rings. The van der Waals surface area contributed by atoms with Gasteiger partial charge in [0.2, 0.25) is 0 Å². The van der Waals surface area contributed by atoms with E-state index in [0.717, 1.165) is 17.5 Å². The zero-order valence-electron chi connectivity index (χ0n) is 14.9. The van der Waals surface area contributed by atoms with Gasteiger partial charge in [-0.05, 0) is 46.4 Å². The molecule has 0 heterocycles. The molecule has 3 aromatic rings. The van der Waals surface area contributed by atoms with Crippen LogP contribution in [-0.2, 0) is 17.8 Å². The van der Waals surface area contributed by atoms with Crippen LogP contribution in [0.1, 0.15) is 22.3 Å². The third kappa shape index (κ3) is 4.02. The Hall–Kier alpha value is -3.51. The Balaban J connectivity index is 1.30. The van der Waals surface area contributed by atoms with Crippen molar-refractivity contribution >= 4 is 6.09 Å². The predicted octanol–water partition coefficient (Wildman–Crippen LogP) is 4.54. The van der Waals surface area contributed by atoms with Crippen LogP contribution in [0.3, 0.4) is 0 Å². The van der Waals surface area contributed by atoms with Crippen molar-refractivity contribution in [3.8, 4) is 23.0 Å². The predicted molar refractivity (Wildman–Crippen MR) is 106 cm³/mol. The van der Waals surface area contributed by atoms with Crippen molar-refractivity contribution in [2.24, 2.45) is 0 Å². The second-order valence-corrected chi connectivity index (χ2v) is 6.42. The summed E-state index contributed by atoms with van der Waals surface area (Å²) in [5.74, 6) is 6.09. The van der Waals surface area contributed by atoms with Crippen molar-refractivity contribution in [1.82, 2.24) is 5.32 Å². The fourth-order valence-corrected chi connectivity index (χ4v) is 3.26. The highest BCUT2D eigenvalue weighted by molar-refractivity contribution is 5.77. The van der Waals surface area contributed by atoms with Crippen molar-refractivity contribution in [2.45, 2.75) is 13.0 Å². The van der Waals surface area contributed by atoms with Crippen LogP contribution in [0, 0.1) is 11.8 Å². The average Bonchev–Trinajstić information content (AvgIpc) is 3.08. The summed E-state index contributed by atoms with van der Waals surface area (Å²) in [7, 11) is 0. The van der Waals surface area contributed by atoms with Crippen molar-refractivity contribution < 1.29 is 9.53 Å². The van der Waals surface area contributed by atoms with E-state index in [0.29, 0.717) is 0 Å². The third-order valence-electron chi connectivity index (χ3n) is 4.56. The number of hydrogen-bond acceptors (Lipinski definition) is 2. The van der Waals surface area contributed by atoms with Crippen LogP contribution in [0.25, 0.3) is 11.1 Å². The molecule has 1 aliphatic carbocycles. The first kappa shape index (κ1) is 16.9. The molecular formula is C24H19NO2. The Morgan fingerprint density at radius 2 is 1.70 bits per heavy atom. The van der Waals surface area contributed by atoms with Crippen LogP contribution >= 0.6 is 0 Å². The molecule has 0 bridgehead atoms. The maximum Gasteiger partial charge on any atom is 0.408 e. The topological polar surface area (TPSA) is 38.3 Å². The van der Waals surface area contributed by atoms with E-state index in [4.69, 9.17) is 4.74 Å². The standard InChI is InChI=1S/C24H19NO2/c26-24(27-17-19-7-2-1-3-8-19)25-14-6-9-18-12-13-23-21(15-18)16-20-10-4-5-11-22(20)23/h1-5,7-8,10-13,15H,14,16-17H2,(H,25,26). The first-order valence-electron chi connectivity index (χ1n) is 8.94. The van der Waals surface area contributed by atoms with Crippen LogP contribution in [0.4, 0.5) is 4.79 Å². The quantitative estimate of drug-likeness (QED) is 0.549. The van der Waals surface area contributed by atoms with E-state index < -0.39 is 6.09 Å². The maximum atomic E-state index is 11.7. The highest BCUT2D eigenvalue weighted by atomic mass is 16.5. The molecule has 4 rings (SSSR count). The molecule has 3 aromatic carbocycles. The van der Waals surface area contributed by atoms with Gasteiger partial charge in [-0.1, -0.05) is 72.5 Å². The van der Waals surface area contributed by atoms with Gasteiger partial charge in [0.05, 0.1) is 6.54 Å². The van der Waals surface area contributed by atoms with Gasteiger partial charge in [-0.2, -0.15) is 0 Å². The Labute approximate surface area is 159 Å². The fraction of sp³-hybridized carbons (Fsp3) is 0.125. The number of fused-ring (bicyclic) bond motifs is 3. The second kappa shape index (κ2) is 7.80. The maximum absolute atomic E-state index is 11.7. The van der Waals surface area contributed by atoms with Crippen LogP contribution < -0.4 is 5.32 Å². The van der Waals surface area contributed by atoms with Crippen LogP contribution in [-0.4, -0.2) is 12.6 Å². The largest absolute Gasteiger partial charge is 0.445 e. The Morgan fingerprint density at radius 1 is 0.926 bits per heavy atom. The van der Waals surface area contributed by atoms with Crippen LogP contribution in [0.5, 0.6) is 0 Å². The van der Waals surface area contributed by atoms with Gasteiger partial charge < -0.3 is 10.1 Å². The van der Waals surface area contributed by atoms with E-state index in [-0.39, 0.29) is 13.2 Å². The molecule has 0 saturated carbocycles. The number of rotatable bonds is 3. The van der Waals surface area contributed by atoms with Gasteiger partial charge in [0.1, 0.15) is 6.61 Å². The lowest BCUT2D eigenvalue weighted by Crippen LogP contribution is -2.24. The Bertz CT molecular complexity index is 1030. The number of nitrogens with one attached hydrogen (secondary N) is 1. The Morgan fingerprint density at radius 3 is 2.59 bits per heavy atom. The summed E-state index contributed by atoms with van der Waals surface area (Å²) < 4.78 is 5.16. The molecule has 27 heavy (non-hydrogen) atoms. The van der Waals surface area contributed by atoms with Crippen molar-refractivity contribution in [3.63, 3.8) is 0 Å². The summed E-state index contributed by atoms with van der Waals surface area (Å²) in [5, 5.41) is 2.65. The van der Waals surface area contributed by atoms with Gasteiger partial charge in [-0.15, -0.1) is 0 Å². The number of carbonyl (C=O) groups excluding carboxylic acids is 1. The first-order valence-corrected chi connectivity index (χ1v) is 8.94. The molecule has 132 valence electrons. The minimum Gasteiger partial charge on any atom is -0.445 e. The van der Waals surface area contributed by atoms with Crippen LogP contribution in [0.15, 0.2) is 72.8 Å². The summed E-state index contributed by atoms with van der Waals surface area (Å²) in [4.78, 5) is 11.7. The van der Waals surface area contributed by atoms with Crippen molar-refractivity contribution in [3.05, 3.63) is 95.1 Å². The zero-order valence-corrected chi connectivity index (χ0v) is 14.9. The lowest BCUT2D eigenvalue weighted by Gasteiger charge is -2.04. The highest BCUT2D eigenvalue weighted by Crippen LogP contribution is 2.36. The molecule has 0 radical (unpaired) electrons. The average molecular weight is 353 g/mol. The number of carbonyl (C=O) groups is 1. The summed E-state index contributed by atoms with van der Waals surface area (Å²) in [6.45, 7) is 0.510. The minimum atomic E-state index is -0.461. The van der Waals surface area contributed by atoms with Gasteiger partial charge in [0.25, 0.3) is 0 Å². The molecule has 1 N–H and O–H groups in total. The zero-order chi connectivity index (χ0) is 18.5. The van der Waals surface area contributed by atoms with E-state index in [1.807, 2.05) is 36.4 Å². The van der Waals surface area contributed by atoms with Gasteiger partial charge in [-0.3, -0.25) is 0 Å². The molecule has 1 amide bonds.